The maximum Gasteiger partial charge on any atom is 0.326 e. The lowest BCUT2D eigenvalue weighted by Crippen LogP contribution is -2.59. The van der Waals surface area contributed by atoms with E-state index in [-0.39, 0.29) is 51.6 Å². The number of amides is 8. The Labute approximate surface area is 449 Å². The Morgan fingerprint density at radius 3 is 0.950 bits per heavy atom. The largest absolute Gasteiger partial charge is 0.481 e. The molecule has 0 aliphatic rings. The van der Waals surface area contributed by atoms with E-state index in [0.717, 1.165) is 0 Å². The molecule has 0 unspecified atom stereocenters. The van der Waals surface area contributed by atoms with Crippen LogP contribution in [-0.2, 0) is 47.9 Å². The summed E-state index contributed by atoms with van der Waals surface area (Å²) in [6, 6.07) is -13.7. The fourth-order valence-electron chi connectivity index (χ4n) is 7.18. The van der Waals surface area contributed by atoms with Gasteiger partial charge in [0.2, 0.25) is 35.4 Å². The maximum atomic E-state index is 13.8. The third-order valence-electron chi connectivity index (χ3n) is 11.3. The van der Waals surface area contributed by atoms with Crippen molar-refractivity contribution in [1.29, 1.82) is 0 Å². The highest BCUT2D eigenvalue weighted by Crippen LogP contribution is 2.12. The van der Waals surface area contributed by atoms with Crippen LogP contribution >= 0.6 is 0 Å². The van der Waals surface area contributed by atoms with Crippen LogP contribution in [0.25, 0.3) is 0 Å². The van der Waals surface area contributed by atoms with Crippen molar-refractivity contribution in [2.45, 2.75) is 125 Å². The molecule has 36 heteroatoms. The molecule has 36 nitrogen and oxygen atoms in total. The summed E-state index contributed by atoms with van der Waals surface area (Å²) in [5, 5.41) is 75.8. The Balaban J connectivity index is 2.50. The molecule has 2 rings (SSSR count). The van der Waals surface area contributed by atoms with Gasteiger partial charge in [-0.2, -0.15) is 0 Å². The predicted octanol–water partition coefficient (Wildman–Crippen LogP) is -8.83. The highest BCUT2D eigenvalue weighted by atomic mass is 16.4. The quantitative estimate of drug-likeness (QED) is 0.0279. The van der Waals surface area contributed by atoms with Crippen LogP contribution in [0.4, 0.5) is 0 Å². The topological polar surface area (TPSA) is 606 Å². The first-order chi connectivity index (χ1) is 37.7. The molecule has 2 aromatic rings. The first-order valence-electron chi connectivity index (χ1n) is 24.4. The fourth-order valence-corrected chi connectivity index (χ4v) is 7.18. The van der Waals surface area contributed by atoms with E-state index in [1.165, 1.54) is 0 Å². The number of aliphatic hydroxyl groups is 2. The van der Waals surface area contributed by atoms with Crippen molar-refractivity contribution >= 4 is 71.1 Å². The minimum Gasteiger partial charge on any atom is -0.481 e. The van der Waals surface area contributed by atoms with Crippen molar-refractivity contribution < 1.29 is 88.2 Å². The van der Waals surface area contributed by atoms with Gasteiger partial charge in [0.25, 0.3) is 22.9 Å². The number of carboxylic acid groups (broad SMARTS) is 4. The van der Waals surface area contributed by atoms with Crippen LogP contribution in [0.2, 0.25) is 0 Å². The highest BCUT2D eigenvalue weighted by molar-refractivity contribution is 6.00. The lowest BCUT2D eigenvalue weighted by atomic mass is 10.0. The summed E-state index contributed by atoms with van der Waals surface area (Å²) in [5.74, 6) is -17.0. The number of aromatic amines is 4. The molecule has 80 heavy (non-hydrogen) atoms. The standard InChI is InChI=1S/C44H64N14O22/c45-11-5-3-9-21(41(75)76)49-33(67)19(47-37(71)25(15-31(63)64)51-39(73)27(17-59)53-35(69)23-13-29(61)57-43(79)55-23)7-1-2-8-20(34(68)50-22(42(77)78)10-4-6-12-46)48-38(72)26(16-32(65)66)52-40(74)28(18-60)54-36(70)24-14-30(62)58-44(80)56-24/h13-14,19-22,25-28,59-60H,1-12,15-18,45-46H2,(H,47,71)(H,48,72)(H,49,67)(H,50,68)(H,51,73)(H,52,74)(H,53,69)(H,54,70)(H,63,64)(H,65,66)(H,75,76)(H,77,78)(H2,55,57,61,79)(H2,56,58,62,80)/t19-,20-,21-,22-,25-,26-,27-,28-/m0/s1. The molecule has 0 radical (unpaired) electrons. The molecule has 442 valence electrons. The smallest absolute Gasteiger partial charge is 0.326 e. The van der Waals surface area contributed by atoms with Crippen molar-refractivity contribution in [3.05, 3.63) is 65.2 Å². The number of carbonyl (C=O) groups is 12. The predicted molar refractivity (Wildman–Crippen MR) is 268 cm³/mol. The number of rotatable bonds is 37. The van der Waals surface area contributed by atoms with E-state index in [0.29, 0.717) is 25.0 Å². The van der Waals surface area contributed by atoms with E-state index >= 15 is 0 Å². The molecule has 2 heterocycles. The monoisotopic (exact) mass is 1140 g/mol. The second-order valence-corrected chi connectivity index (χ2v) is 17.5. The van der Waals surface area contributed by atoms with Crippen molar-refractivity contribution in [2.24, 2.45) is 11.5 Å². The van der Waals surface area contributed by atoms with E-state index in [4.69, 9.17) is 11.5 Å². The van der Waals surface area contributed by atoms with Crippen LogP contribution in [0.5, 0.6) is 0 Å². The molecule has 0 fully saturated rings. The van der Waals surface area contributed by atoms with Gasteiger partial charge in [0.05, 0.1) is 26.1 Å². The minimum atomic E-state index is -2.11. The molecule has 2 aromatic heterocycles. The Kier molecular flexibility index (Phi) is 28.4. The van der Waals surface area contributed by atoms with Gasteiger partial charge in [0.15, 0.2) is 0 Å². The number of aromatic nitrogens is 4. The first kappa shape index (κ1) is 67.0. The summed E-state index contributed by atoms with van der Waals surface area (Å²) in [7, 11) is 0. The SMILES string of the molecule is NCCCC[C@H](NC(=O)[C@H](CCCC[C@H](NC(=O)[C@H](CC(=O)O)NC(=O)[C@H](CO)NC(=O)c1cc(=O)[nH]c(=O)[nH]1)C(=O)N[C@@H](CCCCN)C(=O)O)NC(=O)[C@H](CC(=O)O)NC(=O)[C@H](CO)NC(=O)c1cc(=O)[nH]c(=O)[nH]1)C(=O)O. The fraction of sp³-hybridized carbons (Fsp3) is 0.545. The number of hydrogen-bond donors (Lipinski definition) is 20. The Hall–Kier alpha value is -9.16. The number of hydrogen-bond acceptors (Lipinski definition) is 20. The number of carbonyl (C=O) groups excluding carboxylic acids is 8. The minimum absolute atomic E-state index is 0.149. The third-order valence-corrected chi connectivity index (χ3v) is 11.3. The van der Waals surface area contributed by atoms with Gasteiger partial charge < -0.3 is 94.6 Å². The molecular formula is C44H64N14O22. The molecule has 8 amide bonds. The van der Waals surface area contributed by atoms with Crippen LogP contribution in [-0.4, -0.2) is 196 Å². The molecule has 0 aromatic carbocycles. The van der Waals surface area contributed by atoms with Crippen LogP contribution < -0.4 is 76.5 Å². The molecule has 0 aliphatic carbocycles. The Morgan fingerprint density at radius 2 is 0.662 bits per heavy atom. The molecule has 0 saturated carbocycles. The van der Waals surface area contributed by atoms with Gasteiger partial charge in [-0.25, -0.2) is 19.2 Å². The van der Waals surface area contributed by atoms with Gasteiger partial charge in [0.1, 0.15) is 59.7 Å². The lowest BCUT2D eigenvalue weighted by molar-refractivity contribution is -0.143. The zero-order valence-electron chi connectivity index (χ0n) is 42.5. The first-order valence-corrected chi connectivity index (χ1v) is 24.4. The zero-order valence-corrected chi connectivity index (χ0v) is 42.5. The Bertz CT molecular complexity index is 2550. The average Bonchev–Trinajstić information content (AvgIpc) is 3.37. The van der Waals surface area contributed by atoms with Gasteiger partial charge in [-0.05, 0) is 64.5 Å². The summed E-state index contributed by atoms with van der Waals surface area (Å²) in [5.41, 5.74) is 5.38. The van der Waals surface area contributed by atoms with Gasteiger partial charge in [-0.1, -0.05) is 12.8 Å². The molecule has 0 bridgehead atoms. The number of aliphatic hydroxyl groups excluding tert-OH is 2. The second-order valence-electron chi connectivity index (χ2n) is 17.5. The number of nitrogens with one attached hydrogen (secondary N) is 12. The maximum absolute atomic E-state index is 13.8. The number of nitrogens with two attached hydrogens (primary N) is 2. The highest BCUT2D eigenvalue weighted by Gasteiger charge is 2.35. The van der Waals surface area contributed by atoms with E-state index in [2.05, 4.69) is 21.3 Å². The molecule has 0 aliphatic heterocycles. The number of aliphatic carboxylic acids is 4. The number of carboxylic acids is 4. The average molecular weight is 1140 g/mol. The van der Waals surface area contributed by atoms with Crippen LogP contribution in [0.15, 0.2) is 31.3 Å². The number of unbranched alkanes of at least 4 members (excludes halogenated alkanes) is 3. The molecule has 0 spiro atoms. The van der Waals surface area contributed by atoms with Crippen molar-refractivity contribution in [3.63, 3.8) is 0 Å². The zero-order chi connectivity index (χ0) is 60.2. The van der Waals surface area contributed by atoms with Crippen LogP contribution in [0, 0.1) is 0 Å². The van der Waals surface area contributed by atoms with Crippen LogP contribution in [0.3, 0.4) is 0 Å². The van der Waals surface area contributed by atoms with Gasteiger partial charge in [-0.3, -0.25) is 67.5 Å². The van der Waals surface area contributed by atoms with Gasteiger partial charge in [0, 0.05) is 12.1 Å². The summed E-state index contributed by atoms with van der Waals surface area (Å²) in [4.78, 5) is 210. The van der Waals surface area contributed by atoms with Crippen molar-refractivity contribution in [3.8, 4) is 0 Å². The molecule has 22 N–H and O–H groups in total. The van der Waals surface area contributed by atoms with Gasteiger partial charge in [-0.15, -0.1) is 0 Å². The third kappa shape index (κ3) is 23.6. The lowest BCUT2D eigenvalue weighted by Gasteiger charge is -2.26. The summed E-state index contributed by atoms with van der Waals surface area (Å²) >= 11 is 0. The molecular weight excluding hydrogens is 1080 g/mol. The normalized spacial score (nSPS) is 13.9. The van der Waals surface area contributed by atoms with Gasteiger partial charge >= 0.3 is 35.3 Å². The summed E-state index contributed by atoms with van der Waals surface area (Å²) in [6.45, 7) is -2.11. The van der Waals surface area contributed by atoms with Crippen LogP contribution in [0.1, 0.15) is 98.0 Å². The molecule has 8 atom stereocenters. The van der Waals surface area contributed by atoms with E-state index in [1.54, 1.807) is 9.97 Å². The van der Waals surface area contributed by atoms with E-state index in [9.17, 15) is 107 Å². The van der Waals surface area contributed by atoms with Crippen molar-refractivity contribution in [1.82, 2.24) is 62.5 Å². The second kappa shape index (κ2) is 33.9. The Morgan fingerprint density at radius 1 is 0.388 bits per heavy atom. The number of H-pyrrole nitrogens is 4. The van der Waals surface area contributed by atoms with E-state index < -0.39 is 192 Å². The molecule has 0 saturated heterocycles. The summed E-state index contributed by atoms with van der Waals surface area (Å²) < 4.78 is 0. The van der Waals surface area contributed by atoms with E-state index in [1.807, 2.05) is 31.2 Å². The van der Waals surface area contributed by atoms with Crippen molar-refractivity contribution in [2.75, 3.05) is 26.3 Å². The summed E-state index contributed by atoms with van der Waals surface area (Å²) in [6.07, 6.45) is -3.34.